The van der Waals surface area contributed by atoms with Crippen molar-refractivity contribution in [2.75, 3.05) is 0 Å². The van der Waals surface area contributed by atoms with Gasteiger partial charge in [0.25, 0.3) is 0 Å². The van der Waals surface area contributed by atoms with E-state index in [1.165, 1.54) is 38.8 Å². The predicted molar refractivity (Wildman–Crippen MR) is 86.5 cm³/mol. The summed E-state index contributed by atoms with van der Waals surface area (Å²) in [6.45, 7) is 0. The van der Waals surface area contributed by atoms with Crippen molar-refractivity contribution in [3.8, 4) is 6.07 Å². The van der Waals surface area contributed by atoms with Gasteiger partial charge < -0.3 is 0 Å². The molecule has 0 radical (unpaired) electrons. The van der Waals surface area contributed by atoms with E-state index in [0.29, 0.717) is 0 Å². The molecule has 0 unspecified atom stereocenters. The van der Waals surface area contributed by atoms with Crippen molar-refractivity contribution in [3.63, 3.8) is 0 Å². The first-order valence-electron chi connectivity index (χ1n) is 7.23. The molecule has 3 fully saturated rings. The van der Waals surface area contributed by atoms with Gasteiger partial charge >= 0.3 is 0 Å². The quantitative estimate of drug-likeness (QED) is 0.539. The fourth-order valence-electron chi connectivity index (χ4n) is 3.09. The van der Waals surface area contributed by atoms with E-state index in [9.17, 15) is 0 Å². The van der Waals surface area contributed by atoms with Crippen LogP contribution in [-0.2, 0) is 0 Å². The van der Waals surface area contributed by atoms with Crippen molar-refractivity contribution in [2.45, 2.75) is 38.8 Å². The summed E-state index contributed by atoms with van der Waals surface area (Å²) in [7, 11) is 0. The van der Waals surface area contributed by atoms with Gasteiger partial charge in [-0.25, -0.2) is 0 Å². The van der Waals surface area contributed by atoms with Gasteiger partial charge in [-0.05, 0) is 49.4 Å². The summed E-state index contributed by atoms with van der Waals surface area (Å²) in [5, 5.41) is 8.43. The third-order valence-electron chi connectivity index (χ3n) is 4.41. The maximum Gasteiger partial charge on any atom is 0.0690 e. The molecule has 4 aliphatic rings. The molecule has 0 atom stereocenters. The first-order chi connectivity index (χ1) is 10.3. The highest BCUT2D eigenvalue weighted by Gasteiger charge is 2.57. The maximum absolute atomic E-state index is 8.43. The number of hydrogen-bond acceptors (Lipinski definition) is 3. The van der Waals surface area contributed by atoms with Crippen molar-refractivity contribution in [2.24, 2.45) is 11.3 Å². The predicted octanol–water partition coefficient (Wildman–Crippen LogP) is 5.61. The summed E-state index contributed by atoms with van der Waals surface area (Å²) < 4.78 is 0. The molecule has 104 valence electrons. The van der Waals surface area contributed by atoms with Crippen molar-refractivity contribution in [3.05, 3.63) is 48.5 Å². The van der Waals surface area contributed by atoms with Gasteiger partial charge in [0.1, 0.15) is 0 Å². The van der Waals surface area contributed by atoms with E-state index in [4.69, 9.17) is 5.26 Å². The molecule has 2 aromatic carbocycles. The van der Waals surface area contributed by atoms with Crippen molar-refractivity contribution in [1.29, 1.82) is 5.26 Å². The van der Waals surface area contributed by atoms with Crippen LogP contribution in [0.3, 0.4) is 0 Å². The molecule has 1 nitrogen and oxygen atoms in total. The molecule has 3 saturated carbocycles. The third kappa shape index (κ3) is 2.37. The molecular formula is C18H15NS2. The maximum atomic E-state index is 8.43. The molecule has 3 heteroatoms. The smallest absolute Gasteiger partial charge is 0.0690 e. The zero-order valence-corrected chi connectivity index (χ0v) is 13.2. The Kier molecular flexibility index (Phi) is 3.24. The van der Waals surface area contributed by atoms with E-state index in [1.54, 1.807) is 0 Å². The van der Waals surface area contributed by atoms with Gasteiger partial charge in [0.15, 0.2) is 0 Å². The second kappa shape index (κ2) is 5.12. The summed E-state index contributed by atoms with van der Waals surface area (Å²) >= 11 is 3.72. The number of nitrogens with zero attached hydrogens (tertiary/aromatic N) is 1. The second-order valence-electron chi connectivity index (χ2n) is 5.97. The minimum absolute atomic E-state index is 0.213. The lowest BCUT2D eigenvalue weighted by Gasteiger charge is -2.56. The van der Waals surface area contributed by atoms with Crippen LogP contribution in [0.15, 0.2) is 68.1 Å². The van der Waals surface area contributed by atoms with Gasteiger partial charge in [0, 0.05) is 19.6 Å². The highest BCUT2D eigenvalue weighted by atomic mass is 32.2. The second-order valence-corrected chi connectivity index (χ2v) is 8.14. The van der Waals surface area contributed by atoms with Crippen LogP contribution in [-0.4, -0.2) is 0 Å². The van der Waals surface area contributed by atoms with Crippen molar-refractivity contribution < 1.29 is 0 Å². The van der Waals surface area contributed by atoms with E-state index in [-0.39, 0.29) is 5.41 Å². The summed E-state index contributed by atoms with van der Waals surface area (Å²) in [5.74, 6) is 0.958. The Bertz CT molecular complexity index is 627. The van der Waals surface area contributed by atoms with Gasteiger partial charge in [0.2, 0.25) is 0 Å². The molecule has 2 aromatic rings. The van der Waals surface area contributed by atoms with Gasteiger partial charge in [-0.1, -0.05) is 47.8 Å². The highest BCUT2D eigenvalue weighted by Crippen LogP contribution is 2.63. The summed E-state index contributed by atoms with van der Waals surface area (Å²) in [4.78, 5) is 5.49. The molecule has 0 amide bonds. The number of hydrogen-bond donors (Lipinski definition) is 0. The van der Waals surface area contributed by atoms with Crippen LogP contribution in [0.1, 0.15) is 19.3 Å². The van der Waals surface area contributed by atoms with Gasteiger partial charge in [-0.2, -0.15) is 5.26 Å². The topological polar surface area (TPSA) is 23.8 Å². The number of rotatable bonds is 0. The standard InChI is InChI=1S/C12H8S2.C6H7N/c1-2-6-10-9(5-1)13-11-7-3-4-8-12(11)14-10;7-4-6-1-5(2-6)3-6/h1-8H;5H,1-3H2. The average molecular weight is 309 g/mol. The highest BCUT2D eigenvalue weighted by molar-refractivity contribution is 8.05. The van der Waals surface area contributed by atoms with Crippen molar-refractivity contribution >= 4 is 23.5 Å². The van der Waals surface area contributed by atoms with Crippen LogP contribution in [0.4, 0.5) is 0 Å². The Labute approximate surface area is 133 Å². The summed E-state index contributed by atoms with van der Waals surface area (Å²) in [6.07, 6.45) is 3.64. The Hall–Kier alpha value is -1.37. The van der Waals surface area contributed by atoms with E-state index < -0.39 is 0 Å². The summed E-state index contributed by atoms with van der Waals surface area (Å²) in [5.41, 5.74) is 0.213. The van der Waals surface area contributed by atoms with Gasteiger partial charge in [0.05, 0.1) is 11.5 Å². The average Bonchev–Trinajstić information content (AvgIpc) is 2.43. The largest absolute Gasteiger partial charge is 0.198 e. The van der Waals surface area contributed by atoms with E-state index >= 15 is 0 Å². The van der Waals surface area contributed by atoms with Crippen LogP contribution < -0.4 is 0 Å². The Balaban J connectivity index is 0.000000137. The molecule has 1 aliphatic heterocycles. The van der Waals surface area contributed by atoms with Crippen LogP contribution in [0, 0.1) is 22.7 Å². The molecule has 0 saturated heterocycles. The SMILES string of the molecule is N#CC12CC(C1)C2.c1ccc2c(c1)Sc1ccccc1S2. The lowest BCUT2D eigenvalue weighted by molar-refractivity contribution is -0.0525. The monoisotopic (exact) mass is 309 g/mol. The van der Waals surface area contributed by atoms with E-state index in [1.807, 2.05) is 23.5 Å². The molecule has 21 heavy (non-hydrogen) atoms. The Morgan fingerprint density at radius 2 is 1.19 bits per heavy atom. The molecule has 0 spiro atoms. The van der Waals surface area contributed by atoms with E-state index in [0.717, 1.165) is 5.92 Å². The van der Waals surface area contributed by atoms with Crippen LogP contribution in [0.2, 0.25) is 0 Å². The first kappa shape index (κ1) is 13.3. The van der Waals surface area contributed by atoms with Crippen molar-refractivity contribution in [1.82, 2.24) is 0 Å². The van der Waals surface area contributed by atoms with Crippen LogP contribution in [0.5, 0.6) is 0 Å². The lowest BCUT2D eigenvalue weighted by Crippen LogP contribution is -2.50. The molecule has 1 heterocycles. The normalized spacial score (nSPS) is 26.7. The van der Waals surface area contributed by atoms with E-state index in [2.05, 4.69) is 54.6 Å². The number of benzene rings is 2. The minimum Gasteiger partial charge on any atom is -0.198 e. The third-order valence-corrected chi connectivity index (χ3v) is 6.98. The fraction of sp³-hybridized carbons (Fsp3) is 0.278. The molecular weight excluding hydrogens is 294 g/mol. The first-order valence-corrected chi connectivity index (χ1v) is 8.86. The van der Waals surface area contributed by atoms with Gasteiger partial charge in [-0.3, -0.25) is 0 Å². The number of fused-ring (bicyclic) bond motifs is 2. The Morgan fingerprint density at radius 1 is 0.810 bits per heavy atom. The summed E-state index contributed by atoms with van der Waals surface area (Å²) in [6, 6.07) is 19.5. The fourth-order valence-corrected chi connectivity index (χ4v) is 5.32. The molecule has 6 rings (SSSR count). The zero-order chi connectivity index (χ0) is 14.3. The molecule has 0 aromatic heterocycles. The molecule has 0 N–H and O–H groups in total. The molecule has 2 bridgehead atoms. The zero-order valence-electron chi connectivity index (χ0n) is 11.6. The minimum atomic E-state index is 0.213. The van der Waals surface area contributed by atoms with Crippen LogP contribution in [0.25, 0.3) is 0 Å². The molecule has 3 aliphatic carbocycles. The van der Waals surface area contributed by atoms with Crippen LogP contribution >= 0.6 is 23.5 Å². The number of nitriles is 1. The lowest BCUT2D eigenvalue weighted by atomic mass is 9.45. The Morgan fingerprint density at radius 3 is 1.38 bits per heavy atom. The van der Waals surface area contributed by atoms with Gasteiger partial charge in [-0.15, -0.1) is 0 Å².